The zero-order chi connectivity index (χ0) is 17.3. The molecule has 0 fully saturated rings. The van der Waals surface area contributed by atoms with Crippen molar-refractivity contribution in [3.63, 3.8) is 0 Å². The Morgan fingerprint density at radius 3 is 2.46 bits per heavy atom. The molecule has 0 unspecified atom stereocenters. The molecular formula is C17H14F3N3O. The number of benzene rings is 2. The summed E-state index contributed by atoms with van der Waals surface area (Å²) >= 11 is 0. The van der Waals surface area contributed by atoms with Crippen LogP contribution >= 0.6 is 0 Å². The Bertz CT molecular complexity index is 869. The van der Waals surface area contributed by atoms with Crippen LogP contribution in [0.1, 0.15) is 5.56 Å². The second-order valence-corrected chi connectivity index (χ2v) is 5.31. The summed E-state index contributed by atoms with van der Waals surface area (Å²) in [5.74, 6) is 0. The molecule has 4 nitrogen and oxygen atoms in total. The van der Waals surface area contributed by atoms with Crippen molar-refractivity contribution < 1.29 is 18.0 Å². The summed E-state index contributed by atoms with van der Waals surface area (Å²) in [6, 6.07) is 11.3. The first-order chi connectivity index (χ1) is 11.3. The van der Waals surface area contributed by atoms with E-state index in [4.69, 9.17) is 0 Å². The van der Waals surface area contributed by atoms with Gasteiger partial charge >= 0.3 is 12.2 Å². The SMILES string of the molecule is CN(C(=O)Nc1ccc2cc[nH]c2c1)c1ccc(C(F)(F)F)cc1. The fraction of sp³-hybridized carbons (Fsp3) is 0.118. The Morgan fingerprint density at radius 1 is 1.08 bits per heavy atom. The van der Waals surface area contributed by atoms with Crippen molar-refractivity contribution in [2.75, 3.05) is 17.3 Å². The number of aromatic amines is 1. The number of alkyl halides is 3. The second kappa shape index (κ2) is 5.92. The maximum absolute atomic E-state index is 12.6. The van der Waals surface area contributed by atoms with Gasteiger partial charge in [0.1, 0.15) is 0 Å². The second-order valence-electron chi connectivity index (χ2n) is 5.31. The van der Waals surface area contributed by atoms with Gasteiger partial charge in [0, 0.05) is 30.1 Å². The van der Waals surface area contributed by atoms with E-state index in [1.807, 2.05) is 12.1 Å². The summed E-state index contributed by atoms with van der Waals surface area (Å²) in [5, 5.41) is 3.73. The lowest BCUT2D eigenvalue weighted by Crippen LogP contribution is -2.31. The predicted molar refractivity (Wildman–Crippen MR) is 87.2 cm³/mol. The number of nitrogens with one attached hydrogen (secondary N) is 2. The van der Waals surface area contributed by atoms with Crippen LogP contribution in [0.5, 0.6) is 0 Å². The van der Waals surface area contributed by atoms with E-state index in [0.29, 0.717) is 11.4 Å². The first kappa shape index (κ1) is 15.9. The van der Waals surface area contributed by atoms with Crippen LogP contribution in [0.25, 0.3) is 10.9 Å². The number of rotatable bonds is 2. The van der Waals surface area contributed by atoms with Crippen LogP contribution in [-0.4, -0.2) is 18.1 Å². The van der Waals surface area contributed by atoms with Crippen LogP contribution in [0.2, 0.25) is 0 Å². The molecule has 7 heteroatoms. The van der Waals surface area contributed by atoms with E-state index in [9.17, 15) is 18.0 Å². The number of urea groups is 1. The zero-order valence-corrected chi connectivity index (χ0v) is 12.7. The molecule has 0 aliphatic heterocycles. The fourth-order valence-electron chi connectivity index (χ4n) is 2.32. The number of H-pyrrole nitrogens is 1. The number of halogens is 3. The summed E-state index contributed by atoms with van der Waals surface area (Å²) in [6.07, 6.45) is -2.60. The summed E-state index contributed by atoms with van der Waals surface area (Å²) in [7, 11) is 1.49. The molecular weight excluding hydrogens is 319 g/mol. The van der Waals surface area contributed by atoms with Gasteiger partial charge < -0.3 is 10.3 Å². The number of aromatic nitrogens is 1. The largest absolute Gasteiger partial charge is 0.416 e. The Morgan fingerprint density at radius 2 is 1.79 bits per heavy atom. The smallest absolute Gasteiger partial charge is 0.361 e. The minimum atomic E-state index is -4.40. The topological polar surface area (TPSA) is 48.1 Å². The minimum Gasteiger partial charge on any atom is -0.361 e. The fourth-order valence-corrected chi connectivity index (χ4v) is 2.32. The highest BCUT2D eigenvalue weighted by Gasteiger charge is 2.30. The third-order valence-corrected chi connectivity index (χ3v) is 3.69. The van der Waals surface area contributed by atoms with Crippen molar-refractivity contribution >= 4 is 28.3 Å². The molecule has 2 aromatic carbocycles. The monoisotopic (exact) mass is 333 g/mol. The Labute approximate surface area is 135 Å². The molecule has 1 aromatic heterocycles. The number of amides is 2. The summed E-state index contributed by atoms with van der Waals surface area (Å²) < 4.78 is 37.7. The molecule has 0 atom stereocenters. The third-order valence-electron chi connectivity index (χ3n) is 3.69. The van der Waals surface area contributed by atoms with E-state index < -0.39 is 17.8 Å². The van der Waals surface area contributed by atoms with E-state index in [2.05, 4.69) is 10.3 Å². The van der Waals surface area contributed by atoms with E-state index >= 15 is 0 Å². The number of hydrogen-bond donors (Lipinski definition) is 2. The molecule has 2 N–H and O–H groups in total. The Hall–Kier alpha value is -2.96. The molecule has 3 rings (SSSR count). The molecule has 124 valence electrons. The van der Waals surface area contributed by atoms with Crippen LogP contribution < -0.4 is 10.2 Å². The number of anilines is 2. The summed E-state index contributed by atoms with van der Waals surface area (Å²) in [6.45, 7) is 0. The van der Waals surface area contributed by atoms with Crippen LogP contribution in [0, 0.1) is 0 Å². The molecule has 0 bridgehead atoms. The molecule has 24 heavy (non-hydrogen) atoms. The molecule has 0 spiro atoms. The quantitative estimate of drug-likeness (QED) is 0.691. The molecule has 0 saturated heterocycles. The van der Waals surface area contributed by atoms with Gasteiger partial charge in [-0.25, -0.2) is 4.79 Å². The summed E-state index contributed by atoms with van der Waals surface area (Å²) in [4.78, 5) is 16.5. The molecule has 0 radical (unpaired) electrons. The van der Waals surface area contributed by atoms with Crippen molar-refractivity contribution in [1.82, 2.24) is 4.98 Å². The maximum atomic E-state index is 12.6. The first-order valence-corrected chi connectivity index (χ1v) is 7.14. The van der Waals surface area contributed by atoms with E-state index in [1.165, 1.54) is 24.1 Å². The Kier molecular flexibility index (Phi) is 3.92. The van der Waals surface area contributed by atoms with E-state index in [-0.39, 0.29) is 0 Å². The van der Waals surface area contributed by atoms with Gasteiger partial charge in [0.05, 0.1) is 5.56 Å². The van der Waals surface area contributed by atoms with Crippen molar-refractivity contribution in [3.05, 3.63) is 60.3 Å². The van der Waals surface area contributed by atoms with Crippen molar-refractivity contribution in [2.24, 2.45) is 0 Å². The molecule has 0 aliphatic rings. The lowest BCUT2D eigenvalue weighted by molar-refractivity contribution is -0.137. The number of carbonyl (C=O) groups excluding carboxylic acids is 1. The number of carbonyl (C=O) groups is 1. The number of nitrogens with zero attached hydrogens (tertiary/aromatic N) is 1. The predicted octanol–water partition coefficient (Wildman–Crippen LogP) is 4.86. The van der Waals surface area contributed by atoms with Crippen molar-refractivity contribution in [2.45, 2.75) is 6.18 Å². The lowest BCUT2D eigenvalue weighted by atomic mass is 10.2. The van der Waals surface area contributed by atoms with Crippen molar-refractivity contribution in [3.8, 4) is 0 Å². The van der Waals surface area contributed by atoms with Gasteiger partial charge in [-0.05, 0) is 47.9 Å². The average molecular weight is 333 g/mol. The summed E-state index contributed by atoms with van der Waals surface area (Å²) in [5.41, 5.74) is 1.08. The standard InChI is InChI=1S/C17H14F3N3O/c1-23(14-6-3-12(4-7-14)17(18,19)20)16(24)22-13-5-2-11-8-9-21-15(11)10-13/h2-10,21H,1H3,(H,22,24). The van der Waals surface area contributed by atoms with Gasteiger partial charge in [-0.2, -0.15) is 13.2 Å². The van der Waals surface area contributed by atoms with Gasteiger partial charge in [-0.1, -0.05) is 6.07 Å². The molecule has 0 aliphatic carbocycles. The van der Waals surface area contributed by atoms with E-state index in [1.54, 1.807) is 18.3 Å². The highest BCUT2D eigenvalue weighted by atomic mass is 19.4. The zero-order valence-electron chi connectivity index (χ0n) is 12.7. The highest BCUT2D eigenvalue weighted by Crippen LogP contribution is 2.30. The van der Waals surface area contributed by atoms with Gasteiger partial charge in [-0.15, -0.1) is 0 Å². The van der Waals surface area contributed by atoms with Crippen molar-refractivity contribution in [1.29, 1.82) is 0 Å². The van der Waals surface area contributed by atoms with Gasteiger partial charge in [-0.3, -0.25) is 4.90 Å². The number of fused-ring (bicyclic) bond motifs is 1. The average Bonchev–Trinajstić information content (AvgIpc) is 3.01. The minimum absolute atomic E-state index is 0.362. The molecule has 1 heterocycles. The Balaban J connectivity index is 1.74. The van der Waals surface area contributed by atoms with Gasteiger partial charge in [0.15, 0.2) is 0 Å². The number of hydrogen-bond acceptors (Lipinski definition) is 1. The van der Waals surface area contributed by atoms with Crippen LogP contribution in [0.3, 0.4) is 0 Å². The molecule has 3 aromatic rings. The van der Waals surface area contributed by atoms with Gasteiger partial charge in [0.25, 0.3) is 0 Å². The maximum Gasteiger partial charge on any atom is 0.416 e. The van der Waals surface area contributed by atoms with Crippen LogP contribution in [0.15, 0.2) is 54.7 Å². The molecule has 2 amide bonds. The van der Waals surface area contributed by atoms with Crippen LogP contribution in [-0.2, 0) is 6.18 Å². The highest BCUT2D eigenvalue weighted by molar-refractivity contribution is 6.02. The normalized spacial score (nSPS) is 11.5. The first-order valence-electron chi connectivity index (χ1n) is 7.14. The third kappa shape index (κ3) is 3.19. The van der Waals surface area contributed by atoms with E-state index in [0.717, 1.165) is 23.0 Å². The van der Waals surface area contributed by atoms with Gasteiger partial charge in [0.2, 0.25) is 0 Å². The van der Waals surface area contributed by atoms with Crippen LogP contribution in [0.4, 0.5) is 29.3 Å². The molecule has 0 saturated carbocycles. The lowest BCUT2D eigenvalue weighted by Gasteiger charge is -2.19.